The molecule has 0 unspecified atom stereocenters. The van der Waals surface area contributed by atoms with E-state index in [1.165, 1.54) is 24.4 Å². The Labute approximate surface area is 237 Å². The van der Waals surface area contributed by atoms with Crippen molar-refractivity contribution >= 4 is 33.9 Å². The van der Waals surface area contributed by atoms with Gasteiger partial charge in [0.2, 0.25) is 0 Å². The second-order valence-electron chi connectivity index (χ2n) is 9.13. The van der Waals surface area contributed by atoms with E-state index in [2.05, 4.69) is 32.0 Å². The molecule has 7 nitrogen and oxygen atoms in total. The molecule has 5 aromatic rings. The lowest BCUT2D eigenvalue weighted by molar-refractivity contribution is 0.0511. The number of alkyl halides is 2. The molecular weight excluding hydrogens is 558 g/mol. The van der Waals surface area contributed by atoms with Gasteiger partial charge in [-0.15, -0.1) is 5.10 Å². The highest BCUT2D eigenvalue weighted by Crippen LogP contribution is 2.38. The van der Waals surface area contributed by atoms with E-state index in [4.69, 9.17) is 11.6 Å². The average Bonchev–Trinajstić information content (AvgIpc) is 3.47. The van der Waals surface area contributed by atoms with Crippen LogP contribution in [0.2, 0.25) is 5.02 Å². The monoisotopic (exact) mass is 579 g/mol. The summed E-state index contributed by atoms with van der Waals surface area (Å²) in [6, 6.07) is 16.9. The van der Waals surface area contributed by atoms with Crippen LogP contribution in [0.1, 0.15) is 54.4 Å². The summed E-state index contributed by atoms with van der Waals surface area (Å²) in [5.41, 5.74) is 1.92. The first-order valence-electron chi connectivity index (χ1n) is 12.5. The molecule has 3 aromatic carbocycles. The van der Waals surface area contributed by atoms with E-state index in [9.17, 15) is 22.8 Å². The molecule has 5 rings (SSSR count). The molecule has 2 heterocycles. The summed E-state index contributed by atoms with van der Waals surface area (Å²) in [4.78, 5) is 4.35. The number of nitrogens with one attached hydrogen (secondary N) is 2. The number of nitriles is 1. The summed E-state index contributed by atoms with van der Waals surface area (Å²) in [5.74, 6) is -2.37. The van der Waals surface area contributed by atoms with Crippen LogP contribution in [-0.4, -0.2) is 20.0 Å². The zero-order valence-electron chi connectivity index (χ0n) is 21.5. The number of aromatic nitrogens is 4. The van der Waals surface area contributed by atoms with E-state index in [0.717, 1.165) is 17.8 Å². The van der Waals surface area contributed by atoms with Crippen LogP contribution in [0, 0.1) is 23.0 Å². The predicted octanol–water partition coefficient (Wildman–Crippen LogP) is 7.79. The highest BCUT2D eigenvalue weighted by Gasteiger charge is 2.27. The van der Waals surface area contributed by atoms with Gasteiger partial charge in [0, 0.05) is 22.8 Å². The molecule has 0 radical (unpaired) electrons. The Hall–Kier alpha value is -4.69. The smallest absolute Gasteiger partial charge is 0.334 e. The van der Waals surface area contributed by atoms with Gasteiger partial charge in [-0.2, -0.15) is 18.7 Å². The van der Waals surface area contributed by atoms with Crippen molar-refractivity contribution in [2.24, 2.45) is 0 Å². The lowest BCUT2D eigenvalue weighted by Gasteiger charge is -2.23. The third-order valence-corrected chi connectivity index (χ3v) is 6.95. The third kappa shape index (κ3) is 5.51. The van der Waals surface area contributed by atoms with Crippen molar-refractivity contribution in [3.63, 3.8) is 0 Å². The van der Waals surface area contributed by atoms with Crippen LogP contribution in [0.5, 0.6) is 0 Å². The largest absolute Gasteiger partial charge is 0.377 e. The summed E-state index contributed by atoms with van der Waals surface area (Å²) in [7, 11) is 0. The maximum absolute atomic E-state index is 15.0. The summed E-state index contributed by atoms with van der Waals surface area (Å²) in [6.07, 6.45) is 3.15. The van der Waals surface area contributed by atoms with Gasteiger partial charge in [-0.3, -0.25) is 4.98 Å². The number of rotatable bonds is 9. The van der Waals surface area contributed by atoms with E-state index < -0.39 is 24.2 Å². The van der Waals surface area contributed by atoms with Crippen LogP contribution in [-0.2, 0) is 0 Å². The van der Waals surface area contributed by atoms with Crippen LogP contribution in [0.25, 0.3) is 10.9 Å². The molecule has 2 atom stereocenters. The third-order valence-electron chi connectivity index (χ3n) is 6.66. The first-order chi connectivity index (χ1) is 19.8. The second kappa shape index (κ2) is 11.8. The average molecular weight is 580 g/mol. The Morgan fingerprint density at radius 3 is 2.51 bits per heavy atom. The Balaban J connectivity index is 1.65. The fourth-order valence-corrected chi connectivity index (χ4v) is 4.96. The predicted molar refractivity (Wildman–Crippen MR) is 148 cm³/mol. The maximum Gasteiger partial charge on any atom is 0.334 e. The van der Waals surface area contributed by atoms with Gasteiger partial charge in [0.15, 0.2) is 11.6 Å². The highest BCUT2D eigenvalue weighted by molar-refractivity contribution is 6.35. The lowest BCUT2D eigenvalue weighted by Crippen LogP contribution is -2.20. The number of fused-ring (bicyclic) bond motifs is 1. The Bertz CT molecular complexity index is 1740. The number of benzene rings is 3. The maximum atomic E-state index is 15.0. The summed E-state index contributed by atoms with van der Waals surface area (Å²) >= 11 is 6.61. The standard InChI is InChI=1S/C29H22ClF4N7/c1-2-23(16-7-4-3-5-8-16)39-26-17(13-35)14-36-27-20(26)11-18(12-21(27)30)38-28(19-9-6-10-22(31)25(19)32)24-15-37-40-41(24)29(33)34/h3-12,14-15,23,28-29,38H,2H2,1H3,(H,36,39)/t23-,28+/m1/s1. The van der Waals surface area contributed by atoms with E-state index >= 15 is 0 Å². The summed E-state index contributed by atoms with van der Waals surface area (Å²) in [6.45, 7) is -1.09. The number of anilines is 2. The molecule has 12 heteroatoms. The normalized spacial score (nSPS) is 12.7. The van der Waals surface area contributed by atoms with Gasteiger partial charge in [-0.05, 0) is 30.2 Å². The quantitative estimate of drug-likeness (QED) is 0.173. The van der Waals surface area contributed by atoms with Gasteiger partial charge in [0.1, 0.15) is 6.07 Å². The van der Waals surface area contributed by atoms with Gasteiger partial charge < -0.3 is 10.6 Å². The minimum atomic E-state index is -3.09. The van der Waals surface area contributed by atoms with Crippen molar-refractivity contribution in [2.75, 3.05) is 10.6 Å². The highest BCUT2D eigenvalue weighted by atomic mass is 35.5. The number of nitrogens with zero attached hydrogens (tertiary/aromatic N) is 5. The van der Waals surface area contributed by atoms with Crippen LogP contribution in [0.15, 0.2) is 73.1 Å². The molecule has 41 heavy (non-hydrogen) atoms. The number of hydrogen-bond donors (Lipinski definition) is 2. The SMILES string of the molecule is CC[C@@H](Nc1c(C#N)cnc2c(Cl)cc(N[C@@H](c3cccc(F)c3F)c3cnnn3C(F)F)cc12)c1ccccc1. The molecular formula is C29H22ClF4N7. The Morgan fingerprint density at radius 1 is 1.02 bits per heavy atom. The van der Waals surface area contributed by atoms with Crippen molar-refractivity contribution in [1.82, 2.24) is 20.0 Å². The number of halogens is 5. The topological polar surface area (TPSA) is 91.4 Å². The Morgan fingerprint density at radius 2 is 1.80 bits per heavy atom. The van der Waals surface area contributed by atoms with E-state index in [-0.39, 0.29) is 33.6 Å². The molecule has 0 amide bonds. The number of hydrogen-bond acceptors (Lipinski definition) is 6. The zero-order valence-corrected chi connectivity index (χ0v) is 22.2. The molecule has 0 spiro atoms. The van der Waals surface area contributed by atoms with Gasteiger partial charge in [-0.1, -0.05) is 66.2 Å². The molecule has 0 aliphatic rings. The molecule has 0 saturated carbocycles. The van der Waals surface area contributed by atoms with Crippen molar-refractivity contribution in [3.8, 4) is 6.07 Å². The van der Waals surface area contributed by atoms with Crippen molar-refractivity contribution in [3.05, 3.63) is 112 Å². The van der Waals surface area contributed by atoms with Gasteiger partial charge in [-0.25, -0.2) is 8.78 Å². The molecule has 0 fully saturated rings. The van der Waals surface area contributed by atoms with Crippen LogP contribution in [0.4, 0.5) is 28.9 Å². The zero-order chi connectivity index (χ0) is 29.1. The van der Waals surface area contributed by atoms with Gasteiger partial charge in [0.25, 0.3) is 0 Å². The van der Waals surface area contributed by atoms with Crippen LogP contribution in [0.3, 0.4) is 0 Å². The molecule has 0 saturated heterocycles. The molecule has 0 bridgehead atoms. The van der Waals surface area contributed by atoms with E-state index in [1.807, 2.05) is 37.3 Å². The van der Waals surface area contributed by atoms with Crippen LogP contribution >= 0.6 is 11.6 Å². The van der Waals surface area contributed by atoms with Crippen molar-refractivity contribution < 1.29 is 17.6 Å². The fourth-order valence-electron chi connectivity index (χ4n) is 4.69. The van der Waals surface area contributed by atoms with Crippen molar-refractivity contribution in [1.29, 1.82) is 5.26 Å². The molecule has 208 valence electrons. The second-order valence-corrected chi connectivity index (χ2v) is 9.54. The van der Waals surface area contributed by atoms with Crippen LogP contribution < -0.4 is 10.6 Å². The van der Waals surface area contributed by atoms with Gasteiger partial charge >= 0.3 is 6.55 Å². The molecule has 0 aliphatic carbocycles. The summed E-state index contributed by atoms with van der Waals surface area (Å²) < 4.78 is 57.0. The van der Waals surface area contributed by atoms with E-state index in [0.29, 0.717) is 27.7 Å². The first kappa shape index (κ1) is 27.9. The number of pyridine rings is 1. The minimum absolute atomic E-state index is 0.162. The van der Waals surface area contributed by atoms with Crippen molar-refractivity contribution in [2.45, 2.75) is 32.0 Å². The minimum Gasteiger partial charge on any atom is -0.377 e. The fraction of sp³-hybridized carbons (Fsp3) is 0.172. The first-order valence-corrected chi connectivity index (χ1v) is 12.9. The van der Waals surface area contributed by atoms with Gasteiger partial charge in [0.05, 0.1) is 45.8 Å². The molecule has 0 aliphatic heterocycles. The van der Waals surface area contributed by atoms with E-state index in [1.54, 1.807) is 6.07 Å². The summed E-state index contributed by atoms with van der Waals surface area (Å²) in [5, 5.41) is 23.9. The molecule has 2 aromatic heterocycles. The lowest BCUT2D eigenvalue weighted by atomic mass is 10.0. The molecule has 2 N–H and O–H groups in total. The Kier molecular flexibility index (Phi) is 8.03.